The number of carbonyl (C=O) groups excluding carboxylic acids is 1. The minimum atomic E-state index is -2.17. The van der Waals surface area contributed by atoms with Crippen LogP contribution in [0.1, 0.15) is 37.3 Å². The Hall–Kier alpha value is -4.11. The molecule has 1 unspecified atom stereocenters. The lowest BCUT2D eigenvalue weighted by Gasteiger charge is -2.32. The lowest BCUT2D eigenvalue weighted by molar-refractivity contribution is -0.754. The van der Waals surface area contributed by atoms with E-state index in [2.05, 4.69) is 19.8 Å². The van der Waals surface area contributed by atoms with Crippen molar-refractivity contribution in [3.05, 3.63) is 72.1 Å². The predicted octanol–water partition coefficient (Wildman–Crippen LogP) is 1.15. The summed E-state index contributed by atoms with van der Waals surface area (Å²) in [4.78, 5) is 30.0. The summed E-state index contributed by atoms with van der Waals surface area (Å²) < 4.78 is 55.0. The number of ether oxygens (including phenoxy) is 2. The van der Waals surface area contributed by atoms with Gasteiger partial charge in [0.15, 0.2) is 5.82 Å². The third-order valence-electron chi connectivity index (χ3n) is 5.61. The van der Waals surface area contributed by atoms with Gasteiger partial charge in [0.2, 0.25) is 12.6 Å². The molecule has 2 heterocycles. The van der Waals surface area contributed by atoms with Gasteiger partial charge in [-0.25, -0.2) is 27.9 Å². The average molecular weight is 525 g/mol. The van der Waals surface area contributed by atoms with Crippen LogP contribution in [0.4, 0.5) is 18.0 Å². The number of nitrogens with zero attached hydrogens (tertiary/aromatic N) is 5. The Morgan fingerprint density at radius 3 is 2.62 bits per heavy atom. The molecule has 0 fully saturated rings. The van der Waals surface area contributed by atoms with Gasteiger partial charge in [-0.2, -0.15) is 4.57 Å². The van der Waals surface area contributed by atoms with Crippen LogP contribution >= 0.6 is 0 Å². The van der Waals surface area contributed by atoms with Gasteiger partial charge in [-0.05, 0) is 6.07 Å². The molecule has 3 rings (SSSR count). The SMILES string of the molecule is CC(OC(=O)OC[C@H](N)C(=O)O)[n+]1cnn(C[C@](O)(c2ccc(F)cc2F)[C@@H](C)c2ncncc2F)c1. The smallest absolute Gasteiger partial charge is 0.480 e. The second kappa shape index (κ2) is 11.3. The topological polar surface area (TPSA) is 167 Å². The fourth-order valence-electron chi connectivity index (χ4n) is 3.48. The van der Waals surface area contributed by atoms with E-state index in [1.54, 1.807) is 0 Å². The predicted molar refractivity (Wildman–Crippen MR) is 116 cm³/mol. The largest absolute Gasteiger partial charge is 0.511 e. The number of aliphatic carboxylic acids is 1. The number of halogens is 3. The second-order valence-electron chi connectivity index (χ2n) is 8.14. The number of nitrogens with two attached hydrogens (primary N) is 1. The van der Waals surface area contributed by atoms with Crippen LogP contribution in [-0.2, 0) is 26.4 Å². The molecule has 0 bridgehead atoms. The number of carboxylic acid groups (broad SMARTS) is 1. The Morgan fingerprint density at radius 2 is 1.97 bits per heavy atom. The summed E-state index contributed by atoms with van der Waals surface area (Å²) in [7, 11) is 0. The van der Waals surface area contributed by atoms with Crippen LogP contribution in [-0.4, -0.2) is 54.7 Å². The number of hydrogen-bond donors (Lipinski definition) is 3. The van der Waals surface area contributed by atoms with Crippen molar-refractivity contribution in [2.45, 2.75) is 44.2 Å². The van der Waals surface area contributed by atoms with Crippen LogP contribution in [0.15, 0.2) is 43.4 Å². The van der Waals surface area contributed by atoms with Gasteiger partial charge in [-0.15, -0.1) is 4.68 Å². The summed E-state index contributed by atoms with van der Waals surface area (Å²) in [5.41, 5.74) is 2.55. The molecule has 0 aliphatic rings. The van der Waals surface area contributed by atoms with E-state index in [0.717, 1.165) is 24.7 Å². The van der Waals surface area contributed by atoms with Crippen LogP contribution in [0.5, 0.6) is 0 Å². The van der Waals surface area contributed by atoms with E-state index in [1.165, 1.54) is 35.8 Å². The van der Waals surface area contributed by atoms with Crippen molar-refractivity contribution in [2.75, 3.05) is 6.61 Å². The third kappa shape index (κ3) is 6.37. The van der Waals surface area contributed by atoms with Crippen LogP contribution in [0.2, 0.25) is 0 Å². The number of aliphatic hydroxyl groups is 1. The zero-order chi connectivity index (χ0) is 27.3. The molecule has 3 aromatic rings. The van der Waals surface area contributed by atoms with Crippen LogP contribution < -0.4 is 10.3 Å². The molecule has 0 aliphatic heterocycles. The van der Waals surface area contributed by atoms with Crippen molar-refractivity contribution in [2.24, 2.45) is 5.73 Å². The zero-order valence-corrected chi connectivity index (χ0v) is 19.7. The Kier molecular flexibility index (Phi) is 8.39. The van der Waals surface area contributed by atoms with Gasteiger partial charge in [0, 0.05) is 29.6 Å². The number of carboxylic acids is 1. The molecule has 37 heavy (non-hydrogen) atoms. The van der Waals surface area contributed by atoms with Crippen LogP contribution in [0.25, 0.3) is 0 Å². The molecule has 2 aromatic heterocycles. The van der Waals surface area contributed by atoms with Gasteiger partial charge >= 0.3 is 12.1 Å². The fourth-order valence-corrected chi connectivity index (χ4v) is 3.48. The van der Waals surface area contributed by atoms with Gasteiger partial charge in [0.25, 0.3) is 6.33 Å². The lowest BCUT2D eigenvalue weighted by atomic mass is 9.79. The van der Waals surface area contributed by atoms with Gasteiger partial charge in [-0.1, -0.05) is 13.0 Å². The average Bonchev–Trinajstić information content (AvgIpc) is 3.30. The van der Waals surface area contributed by atoms with Crippen molar-refractivity contribution >= 4 is 12.1 Å². The highest BCUT2D eigenvalue weighted by atomic mass is 19.1. The summed E-state index contributed by atoms with van der Waals surface area (Å²) in [6, 6.07) is 1.16. The van der Waals surface area contributed by atoms with Gasteiger partial charge in [-0.3, -0.25) is 4.79 Å². The van der Waals surface area contributed by atoms with E-state index >= 15 is 0 Å². The van der Waals surface area contributed by atoms with Gasteiger partial charge in [0.05, 0.1) is 11.9 Å². The normalized spacial score (nSPS) is 15.3. The minimum Gasteiger partial charge on any atom is -0.480 e. The first-order valence-corrected chi connectivity index (χ1v) is 10.8. The second-order valence-corrected chi connectivity index (χ2v) is 8.14. The van der Waals surface area contributed by atoms with Crippen molar-refractivity contribution in [1.29, 1.82) is 0 Å². The van der Waals surface area contributed by atoms with E-state index in [1.807, 2.05) is 0 Å². The summed E-state index contributed by atoms with van der Waals surface area (Å²) >= 11 is 0. The van der Waals surface area contributed by atoms with E-state index in [4.69, 9.17) is 15.6 Å². The standard InChI is InChI=1S/C22H23F3N6O6/c1-12(19-17(25)6-27-9-28-19)22(35,15-4-3-14(23)5-16(15)24)8-31-11-30(10-29-31)13(2)37-21(34)36-7-18(26)20(32)33/h3-6,9-13,18,35H,7-8,26H2,1-2H3/p+1/t12-,13?,18-,22+/m0/s1. The monoisotopic (exact) mass is 525 g/mol. The summed E-state index contributed by atoms with van der Waals surface area (Å²) in [6.45, 7) is 1.79. The summed E-state index contributed by atoms with van der Waals surface area (Å²) in [5, 5.41) is 24.5. The first-order valence-electron chi connectivity index (χ1n) is 10.8. The Balaban J connectivity index is 1.85. The van der Waals surface area contributed by atoms with Crippen LogP contribution in [0.3, 0.4) is 0 Å². The maximum Gasteiger partial charge on any atom is 0.511 e. The molecule has 198 valence electrons. The minimum absolute atomic E-state index is 0.208. The van der Waals surface area contributed by atoms with Gasteiger partial charge in [0.1, 0.15) is 42.8 Å². The summed E-state index contributed by atoms with van der Waals surface area (Å²) in [6.07, 6.45) is 2.29. The first kappa shape index (κ1) is 27.5. The van der Waals surface area contributed by atoms with Crippen molar-refractivity contribution in [3.8, 4) is 0 Å². The van der Waals surface area contributed by atoms with E-state index in [9.17, 15) is 27.9 Å². The number of rotatable bonds is 10. The molecular weight excluding hydrogens is 501 g/mol. The maximum atomic E-state index is 14.8. The molecular formula is C22H24F3N6O6+. The molecule has 0 spiro atoms. The molecule has 4 atom stereocenters. The van der Waals surface area contributed by atoms with E-state index in [0.29, 0.717) is 6.07 Å². The fraction of sp³-hybridized carbons (Fsp3) is 0.364. The Bertz CT molecular complexity index is 1280. The quantitative estimate of drug-likeness (QED) is 0.258. The zero-order valence-electron chi connectivity index (χ0n) is 19.7. The molecule has 0 amide bonds. The summed E-state index contributed by atoms with van der Waals surface area (Å²) in [5.74, 6) is -5.30. The first-order chi connectivity index (χ1) is 17.4. The van der Waals surface area contributed by atoms with Crippen LogP contribution in [0, 0.1) is 17.5 Å². The highest BCUT2D eigenvalue weighted by Crippen LogP contribution is 2.39. The third-order valence-corrected chi connectivity index (χ3v) is 5.61. The van der Waals surface area contributed by atoms with E-state index in [-0.39, 0.29) is 11.3 Å². The van der Waals surface area contributed by atoms with Crippen molar-refractivity contribution < 1.29 is 47.0 Å². The molecule has 0 radical (unpaired) electrons. The molecule has 15 heteroatoms. The molecule has 4 N–H and O–H groups in total. The molecule has 0 saturated carbocycles. The van der Waals surface area contributed by atoms with E-state index < -0.39 is 66.5 Å². The highest BCUT2D eigenvalue weighted by Gasteiger charge is 2.43. The molecule has 12 nitrogen and oxygen atoms in total. The number of benzene rings is 1. The highest BCUT2D eigenvalue weighted by molar-refractivity contribution is 5.73. The van der Waals surface area contributed by atoms with Gasteiger partial charge < -0.3 is 25.4 Å². The maximum absolute atomic E-state index is 14.8. The Labute approximate surface area is 208 Å². The number of carbonyl (C=O) groups is 2. The lowest BCUT2D eigenvalue weighted by Crippen LogP contribution is -2.41. The number of hydrogen-bond acceptors (Lipinski definition) is 9. The molecule has 0 saturated heterocycles. The number of aromatic nitrogens is 5. The van der Waals surface area contributed by atoms with Crippen molar-refractivity contribution in [1.82, 2.24) is 19.7 Å². The molecule has 0 aliphatic carbocycles. The molecule has 1 aromatic carbocycles. The van der Waals surface area contributed by atoms with Crippen molar-refractivity contribution in [3.63, 3.8) is 0 Å². The Morgan fingerprint density at radius 1 is 1.24 bits per heavy atom.